The predicted octanol–water partition coefficient (Wildman–Crippen LogP) is 2.80. The molecule has 1 saturated carbocycles. The summed E-state index contributed by atoms with van der Waals surface area (Å²) in [6, 6.07) is 0. The second-order valence-corrected chi connectivity index (χ2v) is 5.82. The minimum absolute atomic E-state index is 0.0969. The molecule has 1 aliphatic heterocycles. The highest BCUT2D eigenvalue weighted by Crippen LogP contribution is 2.46. The molecule has 0 N–H and O–H groups in total. The van der Waals surface area contributed by atoms with Crippen LogP contribution in [0, 0.1) is 0 Å². The summed E-state index contributed by atoms with van der Waals surface area (Å²) in [6.07, 6.45) is 6.02. The highest BCUT2D eigenvalue weighted by molar-refractivity contribution is 8.01. The number of hydrogen-bond donors (Lipinski definition) is 0. The Morgan fingerprint density at radius 3 is 2.73 bits per heavy atom. The van der Waals surface area contributed by atoms with Gasteiger partial charge in [0.1, 0.15) is 4.93 Å². The van der Waals surface area contributed by atoms with Gasteiger partial charge in [-0.05, 0) is 26.7 Å². The molecule has 0 bridgehead atoms. The smallest absolute Gasteiger partial charge is 0.108 e. The zero-order chi connectivity index (χ0) is 7.90. The summed E-state index contributed by atoms with van der Waals surface area (Å²) in [4.78, 5) is 0.0969. The number of thioether (sulfide) groups is 1. The maximum atomic E-state index is 5.92. The normalized spacial score (nSPS) is 42.0. The Kier molecular flexibility index (Phi) is 1.92. The second kappa shape index (κ2) is 2.67. The van der Waals surface area contributed by atoms with E-state index < -0.39 is 0 Å². The molecule has 0 aromatic rings. The highest BCUT2D eigenvalue weighted by Gasteiger charge is 2.41. The lowest BCUT2D eigenvalue weighted by molar-refractivity contribution is -0.00721. The van der Waals surface area contributed by atoms with E-state index in [1.165, 1.54) is 25.7 Å². The van der Waals surface area contributed by atoms with Crippen LogP contribution < -0.4 is 0 Å². The molecule has 0 amide bonds. The Hall–Kier alpha value is 0.310. The van der Waals surface area contributed by atoms with E-state index in [1.807, 2.05) is 11.8 Å². The second-order valence-electron chi connectivity index (χ2n) is 4.00. The molecule has 64 valence electrons. The lowest BCUT2D eigenvalue weighted by atomic mass is 9.97. The minimum Gasteiger partial charge on any atom is -0.361 e. The SMILES string of the molecule is CC1(C)OC2CCCCC2S1. The molecular weight excluding hydrogens is 156 g/mol. The average molecular weight is 172 g/mol. The van der Waals surface area contributed by atoms with Crippen LogP contribution in [0.4, 0.5) is 0 Å². The first-order valence-electron chi connectivity index (χ1n) is 4.53. The van der Waals surface area contributed by atoms with E-state index in [-0.39, 0.29) is 4.93 Å². The summed E-state index contributed by atoms with van der Waals surface area (Å²) in [7, 11) is 0. The molecule has 2 fully saturated rings. The van der Waals surface area contributed by atoms with Gasteiger partial charge in [0.25, 0.3) is 0 Å². The third-order valence-corrected chi connectivity index (χ3v) is 4.02. The summed E-state index contributed by atoms with van der Waals surface area (Å²) < 4.78 is 5.92. The molecule has 1 heterocycles. The van der Waals surface area contributed by atoms with Crippen molar-refractivity contribution in [1.82, 2.24) is 0 Å². The fourth-order valence-corrected chi connectivity index (χ4v) is 3.63. The van der Waals surface area contributed by atoms with Crippen molar-refractivity contribution in [1.29, 1.82) is 0 Å². The van der Waals surface area contributed by atoms with E-state index in [1.54, 1.807) is 0 Å². The third-order valence-electron chi connectivity index (χ3n) is 2.51. The first-order valence-corrected chi connectivity index (χ1v) is 5.41. The summed E-state index contributed by atoms with van der Waals surface area (Å²) in [5, 5.41) is 0.804. The van der Waals surface area contributed by atoms with E-state index in [0.717, 1.165) is 5.25 Å². The summed E-state index contributed by atoms with van der Waals surface area (Å²) in [5.41, 5.74) is 0. The van der Waals surface area contributed by atoms with Gasteiger partial charge in [-0.25, -0.2) is 0 Å². The van der Waals surface area contributed by atoms with E-state index in [2.05, 4.69) is 13.8 Å². The van der Waals surface area contributed by atoms with E-state index >= 15 is 0 Å². The minimum atomic E-state index is 0.0969. The number of fused-ring (bicyclic) bond motifs is 1. The van der Waals surface area contributed by atoms with E-state index in [0.29, 0.717) is 6.10 Å². The highest BCUT2D eigenvalue weighted by atomic mass is 32.2. The van der Waals surface area contributed by atoms with Crippen LogP contribution in [0.2, 0.25) is 0 Å². The molecule has 0 aromatic heterocycles. The largest absolute Gasteiger partial charge is 0.361 e. The molecule has 2 atom stereocenters. The van der Waals surface area contributed by atoms with Crippen LogP contribution in [-0.2, 0) is 4.74 Å². The molecule has 11 heavy (non-hydrogen) atoms. The zero-order valence-electron chi connectivity index (χ0n) is 7.30. The van der Waals surface area contributed by atoms with Crippen molar-refractivity contribution in [2.75, 3.05) is 0 Å². The van der Waals surface area contributed by atoms with Gasteiger partial charge < -0.3 is 4.74 Å². The van der Waals surface area contributed by atoms with Crippen molar-refractivity contribution in [2.45, 2.75) is 55.8 Å². The fourth-order valence-electron chi connectivity index (χ4n) is 2.09. The zero-order valence-corrected chi connectivity index (χ0v) is 8.12. The van der Waals surface area contributed by atoms with Gasteiger partial charge in [-0.1, -0.05) is 12.8 Å². The third kappa shape index (κ3) is 1.57. The average Bonchev–Trinajstić information content (AvgIpc) is 2.21. The van der Waals surface area contributed by atoms with Crippen LogP contribution in [0.1, 0.15) is 39.5 Å². The van der Waals surface area contributed by atoms with Crippen molar-refractivity contribution >= 4 is 11.8 Å². The van der Waals surface area contributed by atoms with Gasteiger partial charge in [-0.15, -0.1) is 11.8 Å². The molecule has 2 rings (SSSR count). The van der Waals surface area contributed by atoms with Gasteiger partial charge in [-0.3, -0.25) is 0 Å². The first-order chi connectivity index (χ1) is 5.17. The quantitative estimate of drug-likeness (QED) is 0.555. The van der Waals surface area contributed by atoms with Gasteiger partial charge in [0.15, 0.2) is 0 Å². The maximum Gasteiger partial charge on any atom is 0.108 e. The van der Waals surface area contributed by atoms with Crippen LogP contribution in [0.5, 0.6) is 0 Å². The Balaban J connectivity index is 2.03. The van der Waals surface area contributed by atoms with Crippen LogP contribution >= 0.6 is 11.8 Å². The molecule has 0 spiro atoms. The Labute approximate surface area is 72.9 Å². The topological polar surface area (TPSA) is 9.23 Å². The standard InChI is InChI=1S/C9H16OS/c1-9(2)10-7-5-3-4-6-8(7)11-9/h7-8H,3-6H2,1-2H3. The number of hydrogen-bond acceptors (Lipinski definition) is 2. The predicted molar refractivity (Wildman–Crippen MR) is 48.8 cm³/mol. The lowest BCUT2D eigenvalue weighted by Gasteiger charge is -2.22. The Morgan fingerprint density at radius 1 is 1.27 bits per heavy atom. The summed E-state index contributed by atoms with van der Waals surface area (Å²) >= 11 is 2.03. The van der Waals surface area contributed by atoms with E-state index in [9.17, 15) is 0 Å². The molecule has 1 nitrogen and oxygen atoms in total. The molecule has 0 aromatic carbocycles. The molecule has 2 heteroatoms. The maximum absolute atomic E-state index is 5.92. The van der Waals surface area contributed by atoms with Crippen molar-refractivity contribution < 1.29 is 4.74 Å². The number of ether oxygens (including phenoxy) is 1. The van der Waals surface area contributed by atoms with Gasteiger partial charge in [0.05, 0.1) is 6.10 Å². The Morgan fingerprint density at radius 2 is 2.00 bits per heavy atom. The fraction of sp³-hybridized carbons (Fsp3) is 1.00. The molecule has 2 aliphatic rings. The van der Waals surface area contributed by atoms with Crippen LogP contribution in [0.15, 0.2) is 0 Å². The van der Waals surface area contributed by atoms with Gasteiger partial charge in [0, 0.05) is 5.25 Å². The van der Waals surface area contributed by atoms with E-state index in [4.69, 9.17) is 4.74 Å². The van der Waals surface area contributed by atoms with Crippen molar-refractivity contribution in [3.8, 4) is 0 Å². The molecule has 1 saturated heterocycles. The molecule has 2 unspecified atom stereocenters. The van der Waals surface area contributed by atoms with Crippen molar-refractivity contribution in [3.63, 3.8) is 0 Å². The molecular formula is C9H16OS. The van der Waals surface area contributed by atoms with Gasteiger partial charge >= 0.3 is 0 Å². The molecule has 0 radical (unpaired) electrons. The van der Waals surface area contributed by atoms with Crippen LogP contribution in [0.3, 0.4) is 0 Å². The monoisotopic (exact) mass is 172 g/mol. The summed E-state index contributed by atoms with van der Waals surface area (Å²) in [5.74, 6) is 0. The van der Waals surface area contributed by atoms with Crippen LogP contribution in [0.25, 0.3) is 0 Å². The molecule has 1 aliphatic carbocycles. The van der Waals surface area contributed by atoms with Crippen LogP contribution in [-0.4, -0.2) is 16.3 Å². The summed E-state index contributed by atoms with van der Waals surface area (Å²) in [6.45, 7) is 4.38. The van der Waals surface area contributed by atoms with Crippen molar-refractivity contribution in [3.05, 3.63) is 0 Å². The first kappa shape index (κ1) is 7.93. The number of rotatable bonds is 0. The van der Waals surface area contributed by atoms with Crippen molar-refractivity contribution in [2.24, 2.45) is 0 Å². The van der Waals surface area contributed by atoms with Gasteiger partial charge in [-0.2, -0.15) is 0 Å². The lowest BCUT2D eigenvalue weighted by Crippen LogP contribution is -2.24. The Bertz CT molecular complexity index is 140. The van der Waals surface area contributed by atoms with Gasteiger partial charge in [0.2, 0.25) is 0 Å².